The third kappa shape index (κ3) is 3.91. The SMILES string of the molecule is CCN(Cc1c(Cl)cccc1OC)C1CCCCC1CN. The van der Waals surface area contributed by atoms with Gasteiger partial charge in [-0.15, -0.1) is 0 Å². The summed E-state index contributed by atoms with van der Waals surface area (Å²) in [5.74, 6) is 1.48. The minimum Gasteiger partial charge on any atom is -0.496 e. The van der Waals surface area contributed by atoms with Gasteiger partial charge in [-0.25, -0.2) is 0 Å². The molecule has 1 aliphatic rings. The monoisotopic (exact) mass is 310 g/mol. The number of methoxy groups -OCH3 is 1. The molecular weight excluding hydrogens is 284 g/mol. The number of nitrogens with zero attached hydrogens (tertiary/aromatic N) is 1. The van der Waals surface area contributed by atoms with Gasteiger partial charge in [0.25, 0.3) is 0 Å². The highest BCUT2D eigenvalue weighted by Gasteiger charge is 2.29. The van der Waals surface area contributed by atoms with E-state index in [1.807, 2.05) is 18.2 Å². The lowest BCUT2D eigenvalue weighted by Gasteiger charge is -2.39. The van der Waals surface area contributed by atoms with Crippen molar-refractivity contribution in [1.82, 2.24) is 4.90 Å². The van der Waals surface area contributed by atoms with Crippen LogP contribution in [0.2, 0.25) is 5.02 Å². The highest BCUT2D eigenvalue weighted by molar-refractivity contribution is 6.31. The molecule has 1 saturated carbocycles. The van der Waals surface area contributed by atoms with Crippen molar-refractivity contribution < 1.29 is 4.74 Å². The number of nitrogens with two attached hydrogens (primary N) is 1. The molecule has 3 nitrogen and oxygen atoms in total. The molecule has 1 fully saturated rings. The molecule has 0 radical (unpaired) electrons. The van der Waals surface area contributed by atoms with Crippen LogP contribution in [-0.2, 0) is 6.54 Å². The average molecular weight is 311 g/mol. The molecule has 0 bridgehead atoms. The number of ether oxygens (including phenoxy) is 1. The van der Waals surface area contributed by atoms with Crippen molar-refractivity contribution >= 4 is 11.6 Å². The molecule has 0 amide bonds. The van der Waals surface area contributed by atoms with Gasteiger partial charge in [-0.1, -0.05) is 37.4 Å². The van der Waals surface area contributed by atoms with Crippen molar-refractivity contribution in [2.75, 3.05) is 20.2 Å². The predicted molar refractivity (Wildman–Crippen MR) is 88.9 cm³/mol. The lowest BCUT2D eigenvalue weighted by atomic mass is 9.83. The first-order chi connectivity index (χ1) is 10.2. The fourth-order valence-electron chi connectivity index (χ4n) is 3.49. The maximum Gasteiger partial charge on any atom is 0.124 e. The first kappa shape index (κ1) is 16.6. The Hall–Kier alpha value is -0.770. The summed E-state index contributed by atoms with van der Waals surface area (Å²) in [5, 5.41) is 0.785. The Morgan fingerprint density at radius 2 is 2.10 bits per heavy atom. The minimum absolute atomic E-state index is 0.565. The van der Waals surface area contributed by atoms with E-state index >= 15 is 0 Å². The highest BCUT2D eigenvalue weighted by Crippen LogP contribution is 2.32. The average Bonchev–Trinajstić information content (AvgIpc) is 2.53. The molecule has 21 heavy (non-hydrogen) atoms. The van der Waals surface area contributed by atoms with Gasteiger partial charge in [0.2, 0.25) is 0 Å². The topological polar surface area (TPSA) is 38.5 Å². The molecule has 0 spiro atoms. The largest absolute Gasteiger partial charge is 0.496 e. The predicted octanol–water partition coefficient (Wildman–Crippen LogP) is 3.69. The van der Waals surface area contributed by atoms with Crippen molar-refractivity contribution in [2.24, 2.45) is 11.7 Å². The van der Waals surface area contributed by atoms with Crippen molar-refractivity contribution in [1.29, 1.82) is 0 Å². The van der Waals surface area contributed by atoms with Crippen LogP contribution in [0.3, 0.4) is 0 Å². The van der Waals surface area contributed by atoms with Crippen LogP contribution in [0.5, 0.6) is 5.75 Å². The van der Waals surface area contributed by atoms with Crippen LogP contribution in [0.1, 0.15) is 38.2 Å². The van der Waals surface area contributed by atoms with E-state index in [9.17, 15) is 0 Å². The molecule has 2 atom stereocenters. The first-order valence-electron chi connectivity index (χ1n) is 7.96. The van der Waals surface area contributed by atoms with Gasteiger partial charge in [0, 0.05) is 23.2 Å². The summed E-state index contributed by atoms with van der Waals surface area (Å²) in [4.78, 5) is 2.51. The zero-order valence-electron chi connectivity index (χ0n) is 13.1. The van der Waals surface area contributed by atoms with Crippen LogP contribution < -0.4 is 10.5 Å². The molecule has 2 unspecified atom stereocenters. The second-order valence-electron chi connectivity index (χ2n) is 5.83. The fraction of sp³-hybridized carbons (Fsp3) is 0.647. The van der Waals surface area contributed by atoms with Crippen molar-refractivity contribution in [3.05, 3.63) is 28.8 Å². The van der Waals surface area contributed by atoms with Crippen LogP contribution >= 0.6 is 11.6 Å². The van der Waals surface area contributed by atoms with E-state index in [1.54, 1.807) is 7.11 Å². The van der Waals surface area contributed by atoms with Gasteiger partial charge in [0.15, 0.2) is 0 Å². The highest BCUT2D eigenvalue weighted by atomic mass is 35.5. The number of hydrogen-bond donors (Lipinski definition) is 1. The second-order valence-corrected chi connectivity index (χ2v) is 6.24. The Kier molecular flexibility index (Phi) is 6.34. The molecule has 118 valence electrons. The Balaban J connectivity index is 2.18. The van der Waals surface area contributed by atoms with Crippen LogP contribution in [0.4, 0.5) is 0 Å². The summed E-state index contributed by atoms with van der Waals surface area (Å²) in [7, 11) is 1.70. The molecule has 4 heteroatoms. The molecule has 0 aromatic heterocycles. The number of benzene rings is 1. The lowest BCUT2D eigenvalue weighted by molar-refractivity contribution is 0.105. The van der Waals surface area contributed by atoms with Crippen molar-refractivity contribution in [3.63, 3.8) is 0 Å². The molecule has 0 saturated heterocycles. The van der Waals surface area contributed by atoms with E-state index in [4.69, 9.17) is 22.1 Å². The third-order valence-corrected chi connectivity index (χ3v) is 5.06. The normalized spacial score (nSPS) is 22.5. The molecule has 1 aliphatic carbocycles. The van der Waals surface area contributed by atoms with E-state index in [1.165, 1.54) is 25.7 Å². The fourth-order valence-corrected chi connectivity index (χ4v) is 3.72. The van der Waals surface area contributed by atoms with Crippen LogP contribution in [-0.4, -0.2) is 31.1 Å². The Morgan fingerprint density at radius 3 is 2.76 bits per heavy atom. The standard InChI is InChI=1S/C17H27ClN2O/c1-3-20(16-9-5-4-7-13(16)11-19)12-14-15(18)8-6-10-17(14)21-2/h6,8,10,13,16H,3-5,7,9,11-12,19H2,1-2H3. The lowest BCUT2D eigenvalue weighted by Crippen LogP contribution is -2.44. The maximum atomic E-state index is 6.39. The maximum absolute atomic E-state index is 6.39. The Morgan fingerprint density at radius 1 is 1.33 bits per heavy atom. The van der Waals surface area contributed by atoms with E-state index in [-0.39, 0.29) is 0 Å². The minimum atomic E-state index is 0.565. The number of rotatable bonds is 6. The van der Waals surface area contributed by atoms with Gasteiger partial charge < -0.3 is 10.5 Å². The van der Waals surface area contributed by atoms with E-state index < -0.39 is 0 Å². The van der Waals surface area contributed by atoms with Crippen molar-refractivity contribution in [2.45, 2.75) is 45.2 Å². The Labute approximate surface area is 133 Å². The summed E-state index contributed by atoms with van der Waals surface area (Å²) in [6, 6.07) is 6.42. The molecule has 2 rings (SSSR count). The van der Waals surface area contributed by atoms with E-state index in [0.29, 0.717) is 12.0 Å². The van der Waals surface area contributed by atoms with Gasteiger partial charge >= 0.3 is 0 Å². The van der Waals surface area contributed by atoms with E-state index in [0.717, 1.165) is 36.0 Å². The molecular formula is C17H27ClN2O. The van der Waals surface area contributed by atoms with Gasteiger partial charge in [0.1, 0.15) is 5.75 Å². The van der Waals surface area contributed by atoms with Crippen LogP contribution in [0, 0.1) is 5.92 Å². The van der Waals surface area contributed by atoms with E-state index in [2.05, 4.69) is 11.8 Å². The molecule has 1 aromatic carbocycles. The van der Waals surface area contributed by atoms with Gasteiger partial charge in [-0.2, -0.15) is 0 Å². The van der Waals surface area contributed by atoms with Crippen molar-refractivity contribution in [3.8, 4) is 5.75 Å². The summed E-state index contributed by atoms with van der Waals surface area (Å²) < 4.78 is 5.48. The quantitative estimate of drug-likeness (QED) is 0.871. The van der Waals surface area contributed by atoms with Gasteiger partial charge in [0.05, 0.1) is 7.11 Å². The zero-order valence-corrected chi connectivity index (χ0v) is 13.9. The first-order valence-corrected chi connectivity index (χ1v) is 8.34. The van der Waals surface area contributed by atoms with Gasteiger partial charge in [-0.3, -0.25) is 4.90 Å². The number of hydrogen-bond acceptors (Lipinski definition) is 3. The van der Waals surface area contributed by atoms with Gasteiger partial charge in [-0.05, 0) is 44.0 Å². The van der Waals surface area contributed by atoms with Crippen LogP contribution in [0.15, 0.2) is 18.2 Å². The smallest absolute Gasteiger partial charge is 0.124 e. The second kappa shape index (κ2) is 8.02. The molecule has 0 aliphatic heterocycles. The molecule has 2 N–H and O–H groups in total. The summed E-state index contributed by atoms with van der Waals surface area (Å²) in [5.41, 5.74) is 7.08. The molecule has 0 heterocycles. The number of halogens is 1. The third-order valence-electron chi connectivity index (χ3n) is 4.70. The zero-order chi connectivity index (χ0) is 15.2. The Bertz CT molecular complexity index is 452. The summed E-state index contributed by atoms with van der Waals surface area (Å²) in [6.45, 7) is 4.84. The summed E-state index contributed by atoms with van der Waals surface area (Å²) in [6.07, 6.45) is 5.10. The summed E-state index contributed by atoms with van der Waals surface area (Å²) >= 11 is 6.39. The van der Waals surface area contributed by atoms with Crippen LogP contribution in [0.25, 0.3) is 0 Å². The molecule has 1 aromatic rings.